The molecule has 2 saturated heterocycles. The van der Waals surface area contributed by atoms with Gasteiger partial charge in [-0.3, -0.25) is 4.79 Å². The number of fused-ring (bicyclic) bond motifs is 1. The van der Waals surface area contributed by atoms with Crippen molar-refractivity contribution in [2.75, 3.05) is 0 Å². The van der Waals surface area contributed by atoms with Crippen LogP contribution in [-0.4, -0.2) is 46.3 Å². The van der Waals surface area contributed by atoms with Crippen LogP contribution in [-0.2, 0) is 9.53 Å². The highest BCUT2D eigenvalue weighted by molar-refractivity contribution is 5.88. The molecular weight excluding hydrogens is 385 g/mol. The smallest absolute Gasteiger partial charge is 0.408 e. The molecule has 0 aromatic rings. The SMILES string of the molecule is CC(C)(C)OC(=O)N[C@H](C(=O)N1C2CC(C2)[C@H]1C#N)C12CC3CC(CC(F)(C3)C1)C2. The molecule has 2 heterocycles. The number of alkyl halides is 1. The molecule has 7 fully saturated rings. The Morgan fingerprint density at radius 3 is 2.33 bits per heavy atom. The largest absolute Gasteiger partial charge is 0.444 e. The van der Waals surface area contributed by atoms with E-state index in [2.05, 4.69) is 11.4 Å². The van der Waals surface area contributed by atoms with Crippen LogP contribution in [0.15, 0.2) is 0 Å². The van der Waals surface area contributed by atoms with E-state index in [9.17, 15) is 14.9 Å². The van der Waals surface area contributed by atoms with E-state index in [1.807, 2.05) is 0 Å². The quantitative estimate of drug-likeness (QED) is 0.759. The molecule has 6 nitrogen and oxygen atoms in total. The van der Waals surface area contributed by atoms with Gasteiger partial charge in [-0.1, -0.05) is 0 Å². The normalized spacial score (nSPS) is 44.2. The van der Waals surface area contributed by atoms with Crippen molar-refractivity contribution in [1.82, 2.24) is 10.2 Å². The number of alkyl carbamates (subject to hydrolysis) is 1. The van der Waals surface area contributed by atoms with Gasteiger partial charge in [0.1, 0.15) is 23.4 Å². The number of nitrogens with one attached hydrogen (secondary N) is 1. The van der Waals surface area contributed by atoms with E-state index in [4.69, 9.17) is 4.74 Å². The molecule has 1 N–H and O–H groups in total. The third-order valence-corrected chi connectivity index (χ3v) is 8.23. The first kappa shape index (κ1) is 20.1. The maximum absolute atomic E-state index is 15.6. The van der Waals surface area contributed by atoms with Gasteiger partial charge >= 0.3 is 6.09 Å². The van der Waals surface area contributed by atoms with Crippen LogP contribution in [0.4, 0.5) is 9.18 Å². The molecule has 2 unspecified atom stereocenters. The van der Waals surface area contributed by atoms with Gasteiger partial charge in [0.15, 0.2) is 0 Å². The van der Waals surface area contributed by atoms with Crippen LogP contribution in [0.3, 0.4) is 0 Å². The summed E-state index contributed by atoms with van der Waals surface area (Å²) in [4.78, 5) is 28.3. The number of ether oxygens (including phenoxy) is 1. The monoisotopic (exact) mass is 417 g/mol. The van der Waals surface area contributed by atoms with Crippen molar-refractivity contribution in [3.05, 3.63) is 0 Å². The number of carbonyl (C=O) groups excluding carboxylic acids is 2. The third kappa shape index (κ3) is 3.09. The number of halogens is 1. The minimum atomic E-state index is -1.24. The van der Waals surface area contributed by atoms with Crippen molar-refractivity contribution in [3.8, 4) is 6.07 Å². The Morgan fingerprint density at radius 2 is 1.80 bits per heavy atom. The van der Waals surface area contributed by atoms with Crippen LogP contribution < -0.4 is 5.32 Å². The summed E-state index contributed by atoms with van der Waals surface area (Å²) in [5.41, 5.74) is -2.51. The highest BCUT2D eigenvalue weighted by Gasteiger charge is 2.64. The van der Waals surface area contributed by atoms with Crippen LogP contribution in [0, 0.1) is 34.5 Å². The van der Waals surface area contributed by atoms with E-state index >= 15 is 4.39 Å². The van der Waals surface area contributed by atoms with Gasteiger partial charge in [-0.05, 0) is 89.9 Å². The summed E-state index contributed by atoms with van der Waals surface area (Å²) in [6.07, 6.45) is 5.10. The Balaban J connectivity index is 1.47. The van der Waals surface area contributed by atoms with Gasteiger partial charge in [-0.15, -0.1) is 0 Å². The van der Waals surface area contributed by atoms with Crippen molar-refractivity contribution in [2.24, 2.45) is 23.2 Å². The predicted molar refractivity (Wildman–Crippen MR) is 107 cm³/mol. The van der Waals surface area contributed by atoms with E-state index in [0.29, 0.717) is 19.3 Å². The number of hydrogen-bond acceptors (Lipinski definition) is 4. The summed E-state index contributed by atoms with van der Waals surface area (Å²) in [7, 11) is 0. The first-order valence-electron chi connectivity index (χ1n) is 11.4. The number of amides is 2. The van der Waals surface area contributed by atoms with Crippen LogP contribution in [0.2, 0.25) is 0 Å². The van der Waals surface area contributed by atoms with Crippen molar-refractivity contribution >= 4 is 12.0 Å². The molecule has 0 spiro atoms. The van der Waals surface area contributed by atoms with Gasteiger partial charge in [0, 0.05) is 11.5 Å². The second-order valence-corrected chi connectivity index (χ2v) is 11.8. The maximum atomic E-state index is 15.6. The fraction of sp³-hybridized carbons (Fsp3) is 0.870. The molecule has 5 aliphatic carbocycles. The molecule has 7 heteroatoms. The standard InChI is InChI=1S/C23H32FN3O3/c1-21(2,3)30-20(29)26-18(19(28)27-16-5-15(6-16)17(27)11-25)22-7-13-4-14(8-22)10-23(24,9-13)12-22/h13-18H,4-10,12H2,1-3H3,(H,26,29)/t13?,14?,15?,16?,17-,18-,22?,23?/m1/s1. The maximum Gasteiger partial charge on any atom is 0.408 e. The molecule has 0 aromatic carbocycles. The van der Waals surface area contributed by atoms with Gasteiger partial charge < -0.3 is 15.0 Å². The van der Waals surface area contributed by atoms with Crippen molar-refractivity contribution in [2.45, 2.75) is 102 Å². The van der Waals surface area contributed by atoms with E-state index in [1.165, 1.54) is 0 Å². The molecule has 30 heavy (non-hydrogen) atoms. The van der Waals surface area contributed by atoms with Crippen molar-refractivity contribution in [3.63, 3.8) is 0 Å². The zero-order valence-corrected chi connectivity index (χ0v) is 18.1. The molecule has 7 rings (SSSR count). The summed E-state index contributed by atoms with van der Waals surface area (Å²) in [5.74, 6) is 0.565. The molecule has 5 saturated carbocycles. The zero-order valence-electron chi connectivity index (χ0n) is 18.1. The third-order valence-electron chi connectivity index (χ3n) is 8.23. The summed E-state index contributed by atoms with van der Waals surface area (Å²) in [5, 5.41) is 12.5. The fourth-order valence-corrected chi connectivity index (χ4v) is 7.66. The first-order valence-corrected chi connectivity index (χ1v) is 11.4. The minimum absolute atomic E-state index is 0.0725. The van der Waals surface area contributed by atoms with E-state index < -0.39 is 34.9 Å². The van der Waals surface area contributed by atoms with Gasteiger partial charge in [-0.25, -0.2) is 9.18 Å². The van der Waals surface area contributed by atoms with Crippen molar-refractivity contribution in [1.29, 1.82) is 5.26 Å². The van der Waals surface area contributed by atoms with Gasteiger partial charge in [0.05, 0.1) is 6.07 Å². The second-order valence-electron chi connectivity index (χ2n) is 11.8. The molecule has 7 aliphatic rings. The van der Waals surface area contributed by atoms with Gasteiger partial charge in [-0.2, -0.15) is 5.26 Å². The van der Waals surface area contributed by atoms with Crippen LogP contribution in [0.25, 0.3) is 0 Å². The zero-order chi connectivity index (χ0) is 21.5. The first-order chi connectivity index (χ1) is 14.0. The Hall–Kier alpha value is -1.84. The highest BCUT2D eigenvalue weighted by Crippen LogP contribution is 2.64. The number of carbonyl (C=O) groups is 2. The van der Waals surface area contributed by atoms with Gasteiger partial charge in [0.2, 0.25) is 5.91 Å². The van der Waals surface area contributed by atoms with Gasteiger partial charge in [0.25, 0.3) is 0 Å². The molecule has 0 radical (unpaired) electrons. The Morgan fingerprint density at radius 1 is 1.17 bits per heavy atom. The fourth-order valence-electron chi connectivity index (χ4n) is 7.66. The summed E-state index contributed by atoms with van der Waals surface area (Å²) in [6, 6.07) is 1.11. The summed E-state index contributed by atoms with van der Waals surface area (Å²) >= 11 is 0. The molecule has 2 amide bonds. The Kier molecular flexibility index (Phi) is 4.24. The predicted octanol–water partition coefficient (Wildman–Crippen LogP) is 3.70. The van der Waals surface area contributed by atoms with E-state index in [1.54, 1.807) is 25.7 Å². The minimum Gasteiger partial charge on any atom is -0.444 e. The molecule has 0 aromatic heterocycles. The number of rotatable bonds is 3. The second kappa shape index (κ2) is 6.34. The van der Waals surface area contributed by atoms with E-state index in [0.717, 1.165) is 32.1 Å². The number of nitriles is 1. The Bertz CT molecular complexity index is 795. The average Bonchev–Trinajstić information content (AvgIpc) is 3.09. The average molecular weight is 418 g/mol. The van der Waals surface area contributed by atoms with Crippen molar-refractivity contribution < 1.29 is 18.7 Å². The van der Waals surface area contributed by atoms with Crippen LogP contribution in [0.1, 0.15) is 72.1 Å². The number of hydrogen-bond donors (Lipinski definition) is 1. The lowest BCUT2D eigenvalue weighted by Crippen LogP contribution is -2.66. The molecule has 6 bridgehead atoms. The van der Waals surface area contributed by atoms with E-state index in [-0.39, 0.29) is 29.7 Å². The lowest BCUT2D eigenvalue weighted by molar-refractivity contribution is -0.159. The summed E-state index contributed by atoms with van der Waals surface area (Å²) in [6.45, 7) is 5.35. The molecule has 2 aliphatic heterocycles. The van der Waals surface area contributed by atoms with Crippen LogP contribution >= 0.6 is 0 Å². The lowest BCUT2D eigenvalue weighted by atomic mass is 9.46. The van der Waals surface area contributed by atoms with Crippen LogP contribution in [0.5, 0.6) is 0 Å². The molecule has 4 atom stereocenters. The lowest BCUT2D eigenvalue weighted by Gasteiger charge is -2.61. The summed E-state index contributed by atoms with van der Waals surface area (Å²) < 4.78 is 21.1. The molecule has 164 valence electrons. The Labute approximate surface area is 177 Å². The number of nitrogens with zero attached hydrogens (tertiary/aromatic N) is 2. The molecular formula is C23H32FN3O3. The topological polar surface area (TPSA) is 82.4 Å². The highest BCUT2D eigenvalue weighted by atomic mass is 19.1.